The molecular formula is C33H40F3N7O5. The van der Waals surface area contributed by atoms with Gasteiger partial charge in [0.15, 0.2) is 5.75 Å². The zero-order valence-electron chi connectivity index (χ0n) is 27.5. The number of carbonyl (C=O) groups is 2. The van der Waals surface area contributed by atoms with E-state index < -0.39 is 34.7 Å². The van der Waals surface area contributed by atoms with E-state index in [4.69, 9.17) is 4.74 Å². The summed E-state index contributed by atoms with van der Waals surface area (Å²) in [4.78, 5) is 52.1. The number of halogens is 3. The number of nitrogens with one attached hydrogen (secondary N) is 1. The highest BCUT2D eigenvalue weighted by molar-refractivity contribution is 6.01. The molecule has 258 valence electrons. The number of hydrogen-bond acceptors (Lipinski definition) is 9. The van der Waals surface area contributed by atoms with Crippen molar-refractivity contribution in [2.24, 2.45) is 0 Å². The number of amides is 2. The molecule has 1 aromatic heterocycles. The molecule has 0 radical (unpaired) electrons. The number of piperazine rings is 2. The quantitative estimate of drug-likeness (QED) is 0.415. The van der Waals surface area contributed by atoms with E-state index >= 15 is 0 Å². The van der Waals surface area contributed by atoms with Crippen LogP contribution in [0.2, 0.25) is 0 Å². The summed E-state index contributed by atoms with van der Waals surface area (Å²) < 4.78 is 51.0. The lowest BCUT2D eigenvalue weighted by Crippen LogP contribution is -2.54. The van der Waals surface area contributed by atoms with Gasteiger partial charge in [-0.25, -0.2) is 9.78 Å². The van der Waals surface area contributed by atoms with Crippen LogP contribution in [-0.2, 0) is 9.53 Å². The maximum Gasteiger partial charge on any atom is 0.573 e. The molecule has 2 aromatic carbocycles. The van der Waals surface area contributed by atoms with Crippen molar-refractivity contribution >= 4 is 34.3 Å². The SMILES string of the molecule is CN1CCN(C2(C(=O)Nc3cc(-n4cnc5cc(N6CCN(C(=O)OC(C)(C)C)CC6)ccc5c4=O)ccc3OC(F)(F)F)CC2)CC1. The summed E-state index contributed by atoms with van der Waals surface area (Å²) in [5.41, 5.74) is -0.494. The maximum absolute atomic E-state index is 13.6. The van der Waals surface area contributed by atoms with Gasteiger partial charge in [-0.15, -0.1) is 13.2 Å². The van der Waals surface area contributed by atoms with Crippen LogP contribution in [0.25, 0.3) is 16.6 Å². The molecule has 3 fully saturated rings. The topological polar surface area (TPSA) is 112 Å². The fourth-order valence-corrected chi connectivity index (χ4v) is 6.22. The van der Waals surface area contributed by atoms with Crippen LogP contribution < -0.4 is 20.5 Å². The molecule has 2 saturated heterocycles. The smallest absolute Gasteiger partial charge is 0.444 e. The van der Waals surface area contributed by atoms with E-state index in [0.29, 0.717) is 63.0 Å². The van der Waals surface area contributed by atoms with E-state index in [2.05, 4.69) is 29.7 Å². The molecular weight excluding hydrogens is 631 g/mol. The molecule has 12 nitrogen and oxygen atoms in total. The van der Waals surface area contributed by atoms with Crippen LogP contribution >= 0.6 is 0 Å². The monoisotopic (exact) mass is 671 g/mol. The number of nitrogens with zero attached hydrogens (tertiary/aromatic N) is 6. The number of rotatable bonds is 6. The normalized spacial score (nSPS) is 18.9. The van der Waals surface area contributed by atoms with Gasteiger partial charge in [-0.1, -0.05) is 0 Å². The van der Waals surface area contributed by atoms with Crippen LogP contribution in [0.15, 0.2) is 47.5 Å². The number of carbonyl (C=O) groups excluding carboxylic acids is 2. The first-order valence-corrected chi connectivity index (χ1v) is 16.0. The lowest BCUT2D eigenvalue weighted by Gasteiger charge is -2.37. The van der Waals surface area contributed by atoms with Gasteiger partial charge in [0.05, 0.1) is 22.3 Å². The number of fused-ring (bicyclic) bond motifs is 1. The van der Waals surface area contributed by atoms with Crippen molar-refractivity contribution in [3.8, 4) is 11.4 Å². The lowest BCUT2D eigenvalue weighted by atomic mass is 10.1. The van der Waals surface area contributed by atoms with Gasteiger partial charge in [0.2, 0.25) is 5.91 Å². The Labute approximate surface area is 276 Å². The third kappa shape index (κ3) is 7.21. The summed E-state index contributed by atoms with van der Waals surface area (Å²) in [7, 11) is 2.00. The van der Waals surface area contributed by atoms with Crippen molar-refractivity contribution in [2.45, 2.75) is 51.1 Å². The zero-order valence-corrected chi connectivity index (χ0v) is 27.5. The number of benzene rings is 2. The molecule has 15 heteroatoms. The van der Waals surface area contributed by atoms with E-state index in [9.17, 15) is 27.6 Å². The van der Waals surface area contributed by atoms with Gasteiger partial charge < -0.3 is 29.5 Å². The minimum atomic E-state index is -4.99. The molecule has 48 heavy (non-hydrogen) atoms. The summed E-state index contributed by atoms with van der Waals surface area (Å²) in [5.74, 6) is -0.980. The van der Waals surface area contributed by atoms with E-state index in [1.165, 1.54) is 23.0 Å². The molecule has 1 N–H and O–H groups in total. The van der Waals surface area contributed by atoms with Crippen molar-refractivity contribution in [2.75, 3.05) is 69.6 Å². The van der Waals surface area contributed by atoms with Gasteiger partial charge in [-0.2, -0.15) is 0 Å². The van der Waals surface area contributed by atoms with Crippen LogP contribution in [0.3, 0.4) is 0 Å². The summed E-state index contributed by atoms with van der Waals surface area (Å²) in [6.07, 6.45) is -2.82. The van der Waals surface area contributed by atoms with Crippen molar-refractivity contribution < 1.29 is 32.2 Å². The van der Waals surface area contributed by atoms with E-state index in [1.807, 2.05) is 27.8 Å². The Hall–Kier alpha value is -4.37. The number of likely N-dealkylation sites (N-methyl/N-ethyl adjacent to an activating group) is 1. The Balaban J connectivity index is 1.22. The van der Waals surface area contributed by atoms with Crippen LogP contribution in [0.1, 0.15) is 33.6 Å². The van der Waals surface area contributed by atoms with Crippen molar-refractivity contribution in [3.63, 3.8) is 0 Å². The van der Waals surface area contributed by atoms with Crippen molar-refractivity contribution in [1.29, 1.82) is 0 Å². The standard InChI is InChI=1S/C33H40F3N7O5/c1-31(2,3)48-30(46)41-15-13-40(14-16-41)22-5-7-24-25(19-22)37-21-43(28(24)44)23-6-8-27(47-33(34,35)36)26(20-23)38-29(45)32(9-10-32)42-17-11-39(4)12-18-42/h5-8,19-21H,9-18H2,1-4H3,(H,38,45). The Morgan fingerprint density at radius 3 is 2.19 bits per heavy atom. The van der Waals surface area contributed by atoms with Crippen LogP contribution in [0.4, 0.5) is 29.3 Å². The van der Waals surface area contributed by atoms with Crippen molar-refractivity contribution in [3.05, 3.63) is 53.1 Å². The number of ether oxygens (including phenoxy) is 2. The Kier molecular flexibility index (Phi) is 8.79. The fraction of sp³-hybridized carbons (Fsp3) is 0.515. The molecule has 0 unspecified atom stereocenters. The molecule has 2 amide bonds. The number of hydrogen-bond donors (Lipinski definition) is 1. The second kappa shape index (κ2) is 12.6. The Morgan fingerprint density at radius 1 is 0.896 bits per heavy atom. The second-order valence-electron chi connectivity index (χ2n) is 13.6. The minimum Gasteiger partial charge on any atom is -0.444 e. The molecule has 0 spiro atoms. The van der Waals surface area contributed by atoms with Gasteiger partial charge in [0.25, 0.3) is 5.56 Å². The highest BCUT2D eigenvalue weighted by Crippen LogP contribution is 2.44. The molecule has 6 rings (SSSR count). The third-order valence-electron chi connectivity index (χ3n) is 9.01. The highest BCUT2D eigenvalue weighted by atomic mass is 19.4. The first-order chi connectivity index (χ1) is 22.6. The summed E-state index contributed by atoms with van der Waals surface area (Å²) in [6.45, 7) is 10.5. The van der Waals surface area contributed by atoms with E-state index in [1.54, 1.807) is 23.1 Å². The lowest BCUT2D eigenvalue weighted by molar-refractivity contribution is -0.274. The molecule has 3 aromatic rings. The molecule has 3 heterocycles. The maximum atomic E-state index is 13.6. The van der Waals surface area contributed by atoms with E-state index in [-0.39, 0.29) is 17.5 Å². The Bertz CT molecular complexity index is 1750. The van der Waals surface area contributed by atoms with Gasteiger partial charge in [0, 0.05) is 58.0 Å². The predicted octanol–water partition coefficient (Wildman–Crippen LogP) is 4.06. The van der Waals surface area contributed by atoms with Gasteiger partial charge in [0.1, 0.15) is 17.5 Å². The summed E-state index contributed by atoms with van der Waals surface area (Å²) >= 11 is 0. The second-order valence-corrected chi connectivity index (χ2v) is 13.6. The van der Waals surface area contributed by atoms with Crippen LogP contribution in [0.5, 0.6) is 5.75 Å². The largest absolute Gasteiger partial charge is 0.573 e. The Morgan fingerprint density at radius 2 is 1.56 bits per heavy atom. The highest BCUT2D eigenvalue weighted by Gasteiger charge is 2.55. The van der Waals surface area contributed by atoms with Crippen LogP contribution in [-0.4, -0.2) is 113 Å². The molecule has 1 aliphatic carbocycles. The van der Waals surface area contributed by atoms with Gasteiger partial charge in [-0.3, -0.25) is 19.1 Å². The minimum absolute atomic E-state index is 0.192. The molecule has 0 bridgehead atoms. The average molecular weight is 672 g/mol. The average Bonchev–Trinajstić information content (AvgIpc) is 3.83. The molecule has 1 saturated carbocycles. The molecule has 0 atom stereocenters. The van der Waals surface area contributed by atoms with Gasteiger partial charge >= 0.3 is 12.5 Å². The number of anilines is 2. The van der Waals surface area contributed by atoms with Crippen molar-refractivity contribution in [1.82, 2.24) is 24.3 Å². The van der Waals surface area contributed by atoms with E-state index in [0.717, 1.165) is 24.8 Å². The first kappa shape index (κ1) is 33.5. The summed E-state index contributed by atoms with van der Waals surface area (Å²) in [6, 6.07) is 8.96. The van der Waals surface area contributed by atoms with Gasteiger partial charge in [-0.05, 0) is 77.1 Å². The molecule has 3 aliphatic rings. The first-order valence-electron chi connectivity index (χ1n) is 16.0. The third-order valence-corrected chi connectivity index (χ3v) is 9.01. The number of aromatic nitrogens is 2. The zero-order chi connectivity index (χ0) is 34.4. The number of alkyl halides is 3. The summed E-state index contributed by atoms with van der Waals surface area (Å²) in [5, 5.41) is 2.99. The van der Waals surface area contributed by atoms with Crippen LogP contribution in [0, 0.1) is 0 Å². The fourth-order valence-electron chi connectivity index (χ4n) is 6.22. The predicted molar refractivity (Wildman–Crippen MR) is 174 cm³/mol. The molecule has 2 aliphatic heterocycles.